The van der Waals surface area contributed by atoms with Gasteiger partial charge >= 0.3 is 0 Å². The molecule has 8 nitrogen and oxygen atoms in total. The van der Waals surface area contributed by atoms with Crippen LogP contribution in [0.5, 0.6) is 0 Å². The van der Waals surface area contributed by atoms with Gasteiger partial charge in [-0.05, 0) is 36.6 Å². The first-order chi connectivity index (χ1) is 12.5. The van der Waals surface area contributed by atoms with Crippen LogP contribution in [0.4, 0.5) is 5.69 Å². The lowest BCUT2D eigenvalue weighted by Crippen LogP contribution is -2.50. The maximum atomic E-state index is 13.1. The van der Waals surface area contributed by atoms with Crippen LogP contribution in [0.25, 0.3) is 0 Å². The number of hydrogen-bond acceptors (Lipinski definition) is 5. The van der Waals surface area contributed by atoms with Crippen molar-refractivity contribution in [3.8, 4) is 0 Å². The van der Waals surface area contributed by atoms with Crippen molar-refractivity contribution in [2.75, 3.05) is 38.2 Å². The first-order valence-electron chi connectivity index (χ1n) is 8.78. The standard InChI is InChI=1S/C17H21N3O5S/c21-16-11-12-10-13(3-4-14(12)18-16)26(23,24)20-5-1-2-15(20)17(22)19-6-8-25-9-7-19/h3-4,10,15H,1-2,5-9,11H2,(H,18,21)/t15-/m1/s1. The van der Waals surface area contributed by atoms with Crippen molar-refractivity contribution >= 4 is 27.5 Å². The summed E-state index contributed by atoms with van der Waals surface area (Å²) < 4.78 is 32.9. The Bertz CT molecular complexity index is 848. The fraction of sp³-hybridized carbons (Fsp3) is 0.529. The summed E-state index contributed by atoms with van der Waals surface area (Å²) in [6.07, 6.45) is 1.36. The van der Waals surface area contributed by atoms with Crippen molar-refractivity contribution in [1.29, 1.82) is 0 Å². The zero-order chi connectivity index (χ0) is 18.3. The van der Waals surface area contributed by atoms with E-state index in [1.807, 2.05) is 0 Å². The zero-order valence-corrected chi connectivity index (χ0v) is 15.1. The zero-order valence-electron chi connectivity index (χ0n) is 14.3. The largest absolute Gasteiger partial charge is 0.378 e. The molecular formula is C17H21N3O5S. The highest BCUT2D eigenvalue weighted by Gasteiger charge is 2.41. The number of amides is 2. The molecule has 0 saturated carbocycles. The molecule has 0 aliphatic carbocycles. The van der Waals surface area contributed by atoms with Crippen LogP contribution in [0.15, 0.2) is 23.1 Å². The summed E-state index contributed by atoms with van der Waals surface area (Å²) in [5, 5.41) is 2.70. The van der Waals surface area contributed by atoms with Gasteiger partial charge in [-0.3, -0.25) is 9.59 Å². The highest BCUT2D eigenvalue weighted by Crippen LogP contribution is 2.31. The number of rotatable bonds is 3. The van der Waals surface area contributed by atoms with Crippen LogP contribution in [-0.2, 0) is 30.8 Å². The maximum absolute atomic E-state index is 13.1. The summed E-state index contributed by atoms with van der Waals surface area (Å²) in [6, 6.07) is 3.99. The Labute approximate surface area is 152 Å². The van der Waals surface area contributed by atoms with Crippen molar-refractivity contribution in [3.05, 3.63) is 23.8 Å². The number of hydrogen-bond donors (Lipinski definition) is 1. The van der Waals surface area contributed by atoms with Crippen LogP contribution in [0.2, 0.25) is 0 Å². The van der Waals surface area contributed by atoms with E-state index in [0.29, 0.717) is 56.9 Å². The van der Waals surface area contributed by atoms with Crippen LogP contribution in [-0.4, -0.2) is 68.3 Å². The van der Waals surface area contributed by atoms with E-state index >= 15 is 0 Å². The van der Waals surface area contributed by atoms with Gasteiger partial charge in [0.1, 0.15) is 6.04 Å². The summed E-state index contributed by atoms with van der Waals surface area (Å²) in [5.74, 6) is -0.288. The molecule has 1 N–H and O–H groups in total. The minimum absolute atomic E-state index is 0.134. The van der Waals surface area contributed by atoms with E-state index in [4.69, 9.17) is 4.74 Å². The smallest absolute Gasteiger partial charge is 0.243 e. The third-order valence-corrected chi connectivity index (χ3v) is 7.02. The Morgan fingerprint density at radius 1 is 1.19 bits per heavy atom. The number of sulfonamides is 1. The third-order valence-electron chi connectivity index (χ3n) is 5.12. The third kappa shape index (κ3) is 3.00. The molecule has 0 spiro atoms. The van der Waals surface area contributed by atoms with Gasteiger partial charge in [0.2, 0.25) is 21.8 Å². The fourth-order valence-corrected chi connectivity index (χ4v) is 5.47. The highest BCUT2D eigenvalue weighted by atomic mass is 32.2. The number of nitrogens with one attached hydrogen (secondary N) is 1. The van der Waals surface area contributed by atoms with Gasteiger partial charge in [-0.2, -0.15) is 4.31 Å². The van der Waals surface area contributed by atoms with Crippen molar-refractivity contribution in [1.82, 2.24) is 9.21 Å². The molecule has 0 unspecified atom stereocenters. The minimum Gasteiger partial charge on any atom is -0.378 e. The first kappa shape index (κ1) is 17.4. The van der Waals surface area contributed by atoms with Gasteiger partial charge in [0, 0.05) is 25.3 Å². The number of ether oxygens (including phenoxy) is 1. The van der Waals surface area contributed by atoms with Crippen molar-refractivity contribution in [2.24, 2.45) is 0 Å². The Morgan fingerprint density at radius 2 is 1.96 bits per heavy atom. The van der Waals surface area contributed by atoms with Gasteiger partial charge in [-0.15, -0.1) is 0 Å². The molecular weight excluding hydrogens is 358 g/mol. The van der Waals surface area contributed by atoms with Gasteiger partial charge in [-0.1, -0.05) is 0 Å². The average molecular weight is 379 g/mol. The van der Waals surface area contributed by atoms with Crippen LogP contribution in [0.3, 0.4) is 0 Å². The van der Waals surface area contributed by atoms with E-state index in [0.717, 1.165) is 0 Å². The number of fused-ring (bicyclic) bond motifs is 1. The molecule has 3 aliphatic heterocycles. The molecule has 9 heteroatoms. The Balaban J connectivity index is 1.59. The van der Waals surface area contributed by atoms with Crippen LogP contribution < -0.4 is 5.32 Å². The topological polar surface area (TPSA) is 96.0 Å². The summed E-state index contributed by atoms with van der Waals surface area (Å²) in [6.45, 7) is 2.29. The monoisotopic (exact) mass is 379 g/mol. The molecule has 3 aliphatic rings. The number of morpholine rings is 1. The molecule has 1 atom stereocenters. The summed E-state index contributed by atoms with van der Waals surface area (Å²) >= 11 is 0. The second-order valence-electron chi connectivity index (χ2n) is 6.76. The van der Waals surface area contributed by atoms with Gasteiger partial charge in [0.15, 0.2) is 0 Å². The number of anilines is 1. The van der Waals surface area contributed by atoms with E-state index < -0.39 is 16.1 Å². The van der Waals surface area contributed by atoms with E-state index in [1.165, 1.54) is 16.4 Å². The van der Waals surface area contributed by atoms with E-state index in [9.17, 15) is 18.0 Å². The average Bonchev–Trinajstić information content (AvgIpc) is 3.27. The molecule has 2 amide bonds. The molecule has 2 fully saturated rings. The van der Waals surface area contributed by atoms with Crippen molar-refractivity contribution in [2.45, 2.75) is 30.2 Å². The first-order valence-corrected chi connectivity index (χ1v) is 10.2. The Hall–Kier alpha value is -1.97. The molecule has 0 aromatic heterocycles. The SMILES string of the molecule is O=C1Cc2cc(S(=O)(=O)N3CCC[C@@H]3C(=O)N3CCOCC3)ccc2N1. The second kappa shape index (κ2) is 6.64. The molecule has 3 heterocycles. The lowest BCUT2D eigenvalue weighted by atomic mass is 10.2. The van der Waals surface area contributed by atoms with Crippen molar-refractivity contribution in [3.63, 3.8) is 0 Å². The van der Waals surface area contributed by atoms with E-state index in [1.54, 1.807) is 11.0 Å². The number of carbonyl (C=O) groups excluding carboxylic acids is 2. The summed E-state index contributed by atoms with van der Waals surface area (Å²) in [4.78, 5) is 26.2. The number of carbonyl (C=O) groups is 2. The van der Waals surface area contributed by atoms with Gasteiger partial charge in [0.05, 0.1) is 24.5 Å². The molecule has 1 aromatic carbocycles. The lowest BCUT2D eigenvalue weighted by molar-refractivity contribution is -0.138. The number of benzene rings is 1. The lowest BCUT2D eigenvalue weighted by Gasteiger charge is -2.32. The molecule has 140 valence electrons. The van der Waals surface area contributed by atoms with E-state index in [-0.39, 0.29) is 23.1 Å². The fourth-order valence-electron chi connectivity index (χ4n) is 3.77. The summed E-state index contributed by atoms with van der Waals surface area (Å²) in [5.41, 5.74) is 1.32. The van der Waals surface area contributed by atoms with E-state index in [2.05, 4.69) is 5.32 Å². The van der Waals surface area contributed by atoms with Gasteiger partial charge in [-0.25, -0.2) is 8.42 Å². The van der Waals surface area contributed by atoms with Gasteiger partial charge < -0.3 is 15.0 Å². The normalized spacial score (nSPS) is 23.8. The number of nitrogens with zero attached hydrogens (tertiary/aromatic N) is 2. The molecule has 2 saturated heterocycles. The summed E-state index contributed by atoms with van der Waals surface area (Å²) in [7, 11) is -3.80. The van der Waals surface area contributed by atoms with Crippen LogP contribution in [0.1, 0.15) is 18.4 Å². The molecule has 0 bridgehead atoms. The predicted octanol–water partition coefficient (Wildman–Crippen LogP) is 0.193. The predicted molar refractivity (Wildman–Crippen MR) is 93.1 cm³/mol. The Kier molecular flexibility index (Phi) is 4.45. The quantitative estimate of drug-likeness (QED) is 0.809. The molecule has 0 radical (unpaired) electrons. The molecule has 26 heavy (non-hydrogen) atoms. The Morgan fingerprint density at radius 3 is 2.73 bits per heavy atom. The maximum Gasteiger partial charge on any atom is 0.243 e. The second-order valence-corrected chi connectivity index (χ2v) is 8.65. The molecule has 4 rings (SSSR count). The molecule has 1 aromatic rings. The van der Waals surface area contributed by atoms with Crippen LogP contribution in [0, 0.1) is 0 Å². The highest BCUT2D eigenvalue weighted by molar-refractivity contribution is 7.89. The van der Waals surface area contributed by atoms with Gasteiger partial charge in [0.25, 0.3) is 0 Å². The van der Waals surface area contributed by atoms with Crippen LogP contribution >= 0.6 is 0 Å². The minimum atomic E-state index is -3.80. The van der Waals surface area contributed by atoms with Crippen molar-refractivity contribution < 1.29 is 22.7 Å².